The number of hydrogen-bond acceptors (Lipinski definition) is 2. The van der Waals surface area contributed by atoms with Crippen LogP contribution in [0.4, 0.5) is 13.2 Å². The van der Waals surface area contributed by atoms with E-state index in [-0.39, 0.29) is 12.6 Å². The molecule has 0 aliphatic rings. The molecular formula is C10H20F3NO. The van der Waals surface area contributed by atoms with E-state index in [4.69, 9.17) is 4.74 Å². The highest BCUT2D eigenvalue weighted by Gasteiger charge is 2.37. The summed E-state index contributed by atoms with van der Waals surface area (Å²) in [6.45, 7) is 5.82. The van der Waals surface area contributed by atoms with E-state index in [9.17, 15) is 13.2 Å². The average molecular weight is 227 g/mol. The summed E-state index contributed by atoms with van der Waals surface area (Å²) in [4.78, 5) is 0. The molecule has 0 saturated carbocycles. The lowest BCUT2D eigenvalue weighted by Gasteiger charge is -2.21. The van der Waals surface area contributed by atoms with Crippen LogP contribution in [0.2, 0.25) is 0 Å². The van der Waals surface area contributed by atoms with Gasteiger partial charge in [0.25, 0.3) is 0 Å². The average Bonchev–Trinajstić information content (AvgIpc) is 2.12. The van der Waals surface area contributed by atoms with E-state index in [1.807, 2.05) is 13.8 Å². The summed E-state index contributed by atoms with van der Waals surface area (Å²) in [5, 5.41) is 3.10. The maximum absolute atomic E-state index is 12.1. The summed E-state index contributed by atoms with van der Waals surface area (Å²) < 4.78 is 41.2. The van der Waals surface area contributed by atoms with E-state index in [0.29, 0.717) is 0 Å². The van der Waals surface area contributed by atoms with Crippen molar-refractivity contribution in [3.05, 3.63) is 0 Å². The van der Waals surface area contributed by atoms with E-state index in [1.165, 1.54) is 0 Å². The first-order valence-electron chi connectivity index (χ1n) is 5.33. The largest absolute Gasteiger partial charge is 0.414 e. The second-order valence-corrected chi connectivity index (χ2v) is 3.56. The zero-order chi connectivity index (χ0) is 11.9. The van der Waals surface area contributed by atoms with Crippen molar-refractivity contribution in [3.63, 3.8) is 0 Å². The molecule has 0 bridgehead atoms. The molecule has 0 heterocycles. The van der Waals surface area contributed by atoms with Gasteiger partial charge < -0.3 is 10.1 Å². The van der Waals surface area contributed by atoms with Gasteiger partial charge in [-0.05, 0) is 19.9 Å². The maximum atomic E-state index is 12.1. The SMILES string of the molecule is CCCC(COC(C)C(F)(F)F)NCC. The predicted octanol–water partition coefficient (Wildman–Crippen LogP) is 2.73. The van der Waals surface area contributed by atoms with Gasteiger partial charge in [0.15, 0.2) is 6.10 Å². The first-order valence-corrected chi connectivity index (χ1v) is 5.33. The minimum atomic E-state index is -4.26. The van der Waals surface area contributed by atoms with Gasteiger partial charge in [0.2, 0.25) is 0 Å². The number of rotatable bonds is 7. The molecule has 0 aromatic heterocycles. The Hall–Kier alpha value is -0.290. The van der Waals surface area contributed by atoms with Crippen molar-refractivity contribution in [1.29, 1.82) is 0 Å². The molecule has 0 amide bonds. The Balaban J connectivity index is 3.87. The van der Waals surface area contributed by atoms with Crippen LogP contribution in [0.5, 0.6) is 0 Å². The van der Waals surface area contributed by atoms with Gasteiger partial charge in [-0.1, -0.05) is 20.3 Å². The van der Waals surface area contributed by atoms with Crippen molar-refractivity contribution in [2.75, 3.05) is 13.2 Å². The summed E-state index contributed by atoms with van der Waals surface area (Å²) in [5.41, 5.74) is 0. The minimum Gasteiger partial charge on any atom is -0.367 e. The van der Waals surface area contributed by atoms with Gasteiger partial charge in [0.05, 0.1) is 6.61 Å². The molecular weight excluding hydrogens is 207 g/mol. The molecule has 5 heteroatoms. The molecule has 0 rings (SSSR count). The third-order valence-electron chi connectivity index (χ3n) is 2.14. The third-order valence-corrected chi connectivity index (χ3v) is 2.14. The van der Waals surface area contributed by atoms with Crippen molar-refractivity contribution in [2.45, 2.75) is 51.9 Å². The molecule has 0 saturated heterocycles. The predicted molar refractivity (Wildman–Crippen MR) is 53.8 cm³/mol. The quantitative estimate of drug-likeness (QED) is 0.722. The number of halogens is 3. The Morgan fingerprint density at radius 1 is 1.27 bits per heavy atom. The number of hydrogen-bond donors (Lipinski definition) is 1. The van der Waals surface area contributed by atoms with E-state index in [2.05, 4.69) is 5.32 Å². The van der Waals surface area contributed by atoms with Crippen LogP contribution in [0.1, 0.15) is 33.6 Å². The standard InChI is InChI=1S/C10H20F3NO/c1-4-6-9(14-5-2)7-15-8(3)10(11,12)13/h8-9,14H,4-7H2,1-3H3. The molecule has 15 heavy (non-hydrogen) atoms. The molecule has 0 spiro atoms. The highest BCUT2D eigenvalue weighted by Crippen LogP contribution is 2.22. The molecule has 0 fully saturated rings. The van der Waals surface area contributed by atoms with Gasteiger partial charge in [-0.15, -0.1) is 0 Å². The van der Waals surface area contributed by atoms with Crippen LogP contribution in [-0.2, 0) is 4.74 Å². The van der Waals surface area contributed by atoms with Crippen LogP contribution in [0.3, 0.4) is 0 Å². The summed E-state index contributed by atoms with van der Waals surface area (Å²) in [7, 11) is 0. The maximum Gasteiger partial charge on any atom is 0.414 e. The summed E-state index contributed by atoms with van der Waals surface area (Å²) in [5.74, 6) is 0. The molecule has 2 atom stereocenters. The second kappa shape index (κ2) is 7.06. The molecule has 2 unspecified atom stereocenters. The van der Waals surface area contributed by atoms with Crippen LogP contribution in [0, 0.1) is 0 Å². The van der Waals surface area contributed by atoms with Crippen LogP contribution in [-0.4, -0.2) is 31.5 Å². The second-order valence-electron chi connectivity index (χ2n) is 3.56. The molecule has 0 aromatic carbocycles. The fourth-order valence-electron chi connectivity index (χ4n) is 1.24. The van der Waals surface area contributed by atoms with Gasteiger partial charge in [-0.25, -0.2) is 0 Å². The van der Waals surface area contributed by atoms with E-state index >= 15 is 0 Å². The van der Waals surface area contributed by atoms with Gasteiger partial charge in [0, 0.05) is 6.04 Å². The van der Waals surface area contributed by atoms with Crippen molar-refractivity contribution in [2.24, 2.45) is 0 Å². The van der Waals surface area contributed by atoms with Crippen molar-refractivity contribution >= 4 is 0 Å². The zero-order valence-electron chi connectivity index (χ0n) is 9.53. The fraction of sp³-hybridized carbons (Fsp3) is 1.00. The van der Waals surface area contributed by atoms with Gasteiger partial charge in [-0.3, -0.25) is 0 Å². The number of nitrogens with one attached hydrogen (secondary N) is 1. The number of ether oxygens (including phenoxy) is 1. The molecule has 2 nitrogen and oxygen atoms in total. The lowest BCUT2D eigenvalue weighted by atomic mass is 10.2. The Labute approximate surface area is 89.2 Å². The van der Waals surface area contributed by atoms with Gasteiger partial charge >= 0.3 is 6.18 Å². The highest BCUT2D eigenvalue weighted by atomic mass is 19.4. The lowest BCUT2D eigenvalue weighted by molar-refractivity contribution is -0.215. The normalized spacial score (nSPS) is 16.4. The first-order chi connectivity index (χ1) is 6.91. The summed E-state index contributed by atoms with van der Waals surface area (Å²) in [6.07, 6.45) is -4.18. The van der Waals surface area contributed by atoms with E-state index in [0.717, 1.165) is 26.3 Å². The molecule has 0 aliphatic heterocycles. The topological polar surface area (TPSA) is 21.3 Å². The van der Waals surface area contributed by atoms with Crippen LogP contribution in [0.15, 0.2) is 0 Å². The van der Waals surface area contributed by atoms with E-state index < -0.39 is 12.3 Å². The van der Waals surface area contributed by atoms with Crippen molar-refractivity contribution in [1.82, 2.24) is 5.32 Å². The number of alkyl halides is 3. The van der Waals surface area contributed by atoms with Gasteiger partial charge in [0.1, 0.15) is 0 Å². The molecule has 0 aromatic rings. The highest BCUT2D eigenvalue weighted by molar-refractivity contribution is 4.67. The van der Waals surface area contributed by atoms with Crippen molar-refractivity contribution in [3.8, 4) is 0 Å². The zero-order valence-corrected chi connectivity index (χ0v) is 9.53. The minimum absolute atomic E-state index is 0.0183. The molecule has 1 N–H and O–H groups in total. The molecule has 0 radical (unpaired) electrons. The molecule has 92 valence electrons. The Morgan fingerprint density at radius 2 is 1.87 bits per heavy atom. The third kappa shape index (κ3) is 6.73. The monoisotopic (exact) mass is 227 g/mol. The van der Waals surface area contributed by atoms with Crippen LogP contribution < -0.4 is 5.32 Å². The Kier molecular flexibility index (Phi) is 6.92. The smallest absolute Gasteiger partial charge is 0.367 e. The Morgan fingerprint density at radius 3 is 2.27 bits per heavy atom. The van der Waals surface area contributed by atoms with Gasteiger partial charge in [-0.2, -0.15) is 13.2 Å². The van der Waals surface area contributed by atoms with Crippen molar-refractivity contribution < 1.29 is 17.9 Å². The lowest BCUT2D eigenvalue weighted by Crippen LogP contribution is -2.37. The fourth-order valence-corrected chi connectivity index (χ4v) is 1.24. The Bertz CT molecular complexity index is 155. The van der Waals surface area contributed by atoms with E-state index in [1.54, 1.807) is 0 Å². The number of likely N-dealkylation sites (N-methyl/N-ethyl adjacent to an activating group) is 1. The summed E-state index contributed by atoms with van der Waals surface area (Å²) >= 11 is 0. The van der Waals surface area contributed by atoms with Crippen LogP contribution in [0.25, 0.3) is 0 Å². The molecule has 0 aliphatic carbocycles. The van der Waals surface area contributed by atoms with Crippen LogP contribution >= 0.6 is 0 Å². The summed E-state index contributed by atoms with van der Waals surface area (Å²) in [6, 6.07) is 0.0183. The first kappa shape index (κ1) is 14.7.